The maximum Gasteiger partial charge on any atom is 0.305 e. The molecule has 2 aromatic rings. The molecule has 0 aromatic heterocycles. The highest BCUT2D eigenvalue weighted by Gasteiger charge is 2.20. The number of nitrogens with zero attached hydrogens (tertiary/aromatic N) is 1. The number of phenols is 1. The predicted octanol–water partition coefficient (Wildman–Crippen LogP) is 1.88. The van der Waals surface area contributed by atoms with Crippen LogP contribution < -0.4 is 21.9 Å². The zero-order valence-electron chi connectivity index (χ0n) is 15.9. The van der Waals surface area contributed by atoms with Gasteiger partial charge in [-0.3, -0.25) is 14.4 Å². The summed E-state index contributed by atoms with van der Waals surface area (Å²) in [5, 5.41) is 24.5. The van der Waals surface area contributed by atoms with Crippen LogP contribution in [0.1, 0.15) is 28.4 Å². The van der Waals surface area contributed by atoms with E-state index in [1.165, 1.54) is 42.7 Å². The second kappa shape index (κ2) is 11.2. The first-order chi connectivity index (χ1) is 14.7. The van der Waals surface area contributed by atoms with Gasteiger partial charge in [0.05, 0.1) is 30.3 Å². The molecular weight excluding hydrogens is 449 g/mol. The van der Waals surface area contributed by atoms with Crippen molar-refractivity contribution in [3.63, 3.8) is 0 Å². The molecule has 7 N–H and O–H groups in total. The van der Waals surface area contributed by atoms with Crippen molar-refractivity contribution in [2.45, 2.75) is 12.5 Å². The van der Waals surface area contributed by atoms with E-state index >= 15 is 0 Å². The molecule has 0 saturated heterocycles. The monoisotopic (exact) mass is 467 g/mol. The van der Waals surface area contributed by atoms with Gasteiger partial charge in [0.25, 0.3) is 5.91 Å². The molecule has 2 aromatic carbocycles. The van der Waals surface area contributed by atoms with Crippen molar-refractivity contribution >= 4 is 53.0 Å². The predicted molar refractivity (Wildman–Crippen MR) is 116 cm³/mol. The molecule has 2 rings (SSSR count). The first-order valence-electron chi connectivity index (χ1n) is 8.76. The number of hydrazine groups is 1. The number of phenolic OH excluding ortho intramolecular Hbond substituents is 1. The summed E-state index contributed by atoms with van der Waals surface area (Å²) in [6.45, 7) is -0.472. The van der Waals surface area contributed by atoms with Crippen molar-refractivity contribution in [2.24, 2.45) is 10.8 Å². The van der Waals surface area contributed by atoms with Crippen LogP contribution in [0.5, 0.6) is 5.75 Å². The Bertz CT molecular complexity index is 995. The van der Waals surface area contributed by atoms with Crippen molar-refractivity contribution in [3.8, 4) is 5.75 Å². The van der Waals surface area contributed by atoms with Gasteiger partial charge in [-0.05, 0) is 42.0 Å². The van der Waals surface area contributed by atoms with Crippen molar-refractivity contribution < 1.29 is 24.6 Å². The molecular formula is C19H19Cl2N5O5. The highest BCUT2D eigenvalue weighted by Crippen LogP contribution is 2.26. The van der Waals surface area contributed by atoms with Gasteiger partial charge in [0.2, 0.25) is 5.91 Å². The summed E-state index contributed by atoms with van der Waals surface area (Å²) >= 11 is 11.9. The summed E-state index contributed by atoms with van der Waals surface area (Å²) in [5.41, 5.74) is 2.83. The lowest BCUT2D eigenvalue weighted by molar-refractivity contribution is -0.137. The normalized spacial score (nSPS) is 11.7. The van der Waals surface area contributed by atoms with Crippen LogP contribution in [0.25, 0.3) is 0 Å². The van der Waals surface area contributed by atoms with E-state index in [4.69, 9.17) is 34.2 Å². The summed E-state index contributed by atoms with van der Waals surface area (Å²) in [5.74, 6) is 2.24. The van der Waals surface area contributed by atoms with Gasteiger partial charge in [-0.15, -0.1) is 0 Å². The number of carboxylic acid groups (broad SMARTS) is 1. The molecule has 0 heterocycles. The van der Waals surface area contributed by atoms with Gasteiger partial charge in [0.1, 0.15) is 12.1 Å². The Labute approximate surface area is 187 Å². The molecule has 12 heteroatoms. The Balaban J connectivity index is 2.07. The molecule has 1 unspecified atom stereocenters. The summed E-state index contributed by atoms with van der Waals surface area (Å²) in [6, 6.07) is 7.55. The highest BCUT2D eigenvalue weighted by atomic mass is 35.5. The van der Waals surface area contributed by atoms with Gasteiger partial charge in [-0.1, -0.05) is 23.2 Å². The molecule has 0 spiro atoms. The van der Waals surface area contributed by atoms with Crippen molar-refractivity contribution in [1.29, 1.82) is 0 Å². The Morgan fingerprint density at radius 1 is 1.13 bits per heavy atom. The van der Waals surface area contributed by atoms with Crippen LogP contribution in [0.2, 0.25) is 10.0 Å². The standard InChI is InChI=1S/C19H19Cl2N5O5/c20-11-3-10(4-12(21)5-11)15(7-18(29)30)26-17(28)8-23-19(31)14-6-13(24-9-25-22)1-2-16(14)27/h1-6,9,15,27H,7-8,22H2,(H,23,31)(H,24,25)(H,26,28)(H,29,30). The molecule has 2 amide bonds. The van der Waals surface area contributed by atoms with Crippen molar-refractivity contribution in [3.05, 3.63) is 57.6 Å². The van der Waals surface area contributed by atoms with E-state index < -0.39 is 36.8 Å². The van der Waals surface area contributed by atoms with Gasteiger partial charge >= 0.3 is 5.97 Å². The van der Waals surface area contributed by atoms with Gasteiger partial charge in [0.15, 0.2) is 0 Å². The fraction of sp³-hybridized carbons (Fsp3) is 0.158. The topological polar surface area (TPSA) is 166 Å². The van der Waals surface area contributed by atoms with Crippen LogP contribution >= 0.6 is 23.2 Å². The minimum Gasteiger partial charge on any atom is -0.507 e. The molecule has 0 radical (unpaired) electrons. The lowest BCUT2D eigenvalue weighted by atomic mass is 10.0. The number of hydrogen-bond acceptors (Lipinski definition) is 6. The van der Waals surface area contributed by atoms with E-state index in [1.807, 2.05) is 0 Å². The molecule has 0 aliphatic rings. The van der Waals surface area contributed by atoms with Crippen LogP contribution in [0.15, 0.2) is 41.4 Å². The number of carbonyl (C=O) groups excluding carboxylic acids is 2. The quantitative estimate of drug-likeness (QED) is 0.141. The van der Waals surface area contributed by atoms with E-state index in [1.54, 1.807) is 0 Å². The van der Waals surface area contributed by atoms with Gasteiger partial charge in [-0.25, -0.2) is 10.8 Å². The van der Waals surface area contributed by atoms with E-state index in [2.05, 4.69) is 21.1 Å². The van der Waals surface area contributed by atoms with Crippen LogP contribution in [0.4, 0.5) is 5.69 Å². The minimum absolute atomic E-state index is 0.108. The second-order valence-corrected chi connectivity index (χ2v) is 7.10. The van der Waals surface area contributed by atoms with E-state index in [0.717, 1.165) is 0 Å². The number of benzene rings is 2. The van der Waals surface area contributed by atoms with Crippen LogP contribution in [-0.4, -0.2) is 40.9 Å². The highest BCUT2D eigenvalue weighted by molar-refractivity contribution is 6.34. The minimum atomic E-state index is -1.15. The molecule has 31 heavy (non-hydrogen) atoms. The lowest BCUT2D eigenvalue weighted by Gasteiger charge is -2.18. The molecule has 0 fully saturated rings. The van der Waals surface area contributed by atoms with Crippen LogP contribution in [0, 0.1) is 0 Å². The summed E-state index contributed by atoms with van der Waals surface area (Å²) in [6.07, 6.45) is 0.762. The SMILES string of the molecule is NNC=Nc1ccc(O)c(C(=O)NCC(=O)NC(CC(=O)O)c2cc(Cl)cc(Cl)c2)c1. The van der Waals surface area contributed by atoms with E-state index in [9.17, 15) is 19.5 Å². The third-order valence-corrected chi connectivity index (χ3v) is 4.36. The first-order valence-corrected chi connectivity index (χ1v) is 9.52. The smallest absolute Gasteiger partial charge is 0.305 e. The van der Waals surface area contributed by atoms with Gasteiger partial charge in [-0.2, -0.15) is 0 Å². The molecule has 1 atom stereocenters. The maximum absolute atomic E-state index is 12.3. The average molecular weight is 468 g/mol. The number of rotatable bonds is 9. The Morgan fingerprint density at radius 2 is 1.81 bits per heavy atom. The first kappa shape index (κ1) is 23.9. The van der Waals surface area contributed by atoms with Crippen molar-refractivity contribution in [1.82, 2.24) is 16.1 Å². The largest absolute Gasteiger partial charge is 0.507 e. The third kappa shape index (κ3) is 7.45. The Hall–Kier alpha value is -3.34. The van der Waals surface area contributed by atoms with E-state index in [0.29, 0.717) is 11.3 Å². The van der Waals surface area contributed by atoms with Gasteiger partial charge < -0.3 is 26.3 Å². The number of aliphatic carboxylic acids is 1. The number of nitrogens with two attached hydrogens (primary N) is 1. The fourth-order valence-electron chi connectivity index (χ4n) is 2.60. The number of carboxylic acids is 1. The van der Waals surface area contributed by atoms with E-state index in [-0.39, 0.29) is 21.4 Å². The number of hydrogen-bond donors (Lipinski definition) is 6. The average Bonchev–Trinajstić information content (AvgIpc) is 2.70. The Kier molecular flexibility index (Phi) is 8.62. The molecule has 0 saturated carbocycles. The zero-order chi connectivity index (χ0) is 23.0. The van der Waals surface area contributed by atoms with Crippen LogP contribution in [0.3, 0.4) is 0 Å². The fourth-order valence-corrected chi connectivity index (χ4v) is 3.15. The number of aromatic hydroxyl groups is 1. The number of carbonyl (C=O) groups is 3. The molecule has 164 valence electrons. The zero-order valence-corrected chi connectivity index (χ0v) is 17.4. The number of halogens is 2. The number of aliphatic imine (C=N–C) groups is 1. The maximum atomic E-state index is 12.3. The number of amides is 2. The van der Waals surface area contributed by atoms with Crippen LogP contribution in [-0.2, 0) is 9.59 Å². The molecule has 0 aliphatic carbocycles. The summed E-state index contributed by atoms with van der Waals surface area (Å²) in [4.78, 5) is 39.8. The summed E-state index contributed by atoms with van der Waals surface area (Å²) in [7, 11) is 0. The van der Waals surface area contributed by atoms with Gasteiger partial charge in [0, 0.05) is 10.0 Å². The summed E-state index contributed by atoms with van der Waals surface area (Å²) < 4.78 is 0. The number of nitrogens with one attached hydrogen (secondary N) is 3. The molecule has 0 bridgehead atoms. The molecule has 0 aliphatic heterocycles. The third-order valence-electron chi connectivity index (χ3n) is 3.92. The van der Waals surface area contributed by atoms with Crippen molar-refractivity contribution in [2.75, 3.05) is 6.54 Å². The second-order valence-electron chi connectivity index (χ2n) is 6.23. The molecule has 10 nitrogen and oxygen atoms in total. The lowest BCUT2D eigenvalue weighted by Crippen LogP contribution is -2.39. The Morgan fingerprint density at radius 3 is 2.42 bits per heavy atom.